The molecule has 0 radical (unpaired) electrons. The Labute approximate surface area is 87.9 Å². The molecule has 0 aliphatic rings. The predicted octanol–water partition coefficient (Wildman–Crippen LogP) is 1.64. The van der Waals surface area contributed by atoms with Crippen LogP contribution >= 0.6 is 45.5 Å². The summed E-state index contributed by atoms with van der Waals surface area (Å²) < 4.78 is 8.08. The van der Waals surface area contributed by atoms with Crippen molar-refractivity contribution >= 4 is 51.4 Å². The quantitative estimate of drug-likeness (QED) is 0.263. The molecule has 0 amide bonds. The summed E-state index contributed by atoms with van der Waals surface area (Å²) in [6.45, 7) is 0.858. The van der Waals surface area contributed by atoms with E-state index in [4.69, 9.17) is 4.74 Å². The van der Waals surface area contributed by atoms with E-state index in [1.54, 1.807) is 0 Å². The molecule has 0 aromatic rings. The van der Waals surface area contributed by atoms with Crippen LogP contribution in [0.4, 0.5) is 0 Å². The van der Waals surface area contributed by atoms with Gasteiger partial charge in [-0.2, -0.15) is 0 Å². The molecular weight excluding hydrogens is 360 g/mol. The summed E-state index contributed by atoms with van der Waals surface area (Å²) in [7, 11) is 0. The first-order valence-corrected chi connectivity index (χ1v) is 5.46. The number of alkyl halides is 1. The van der Waals surface area contributed by atoms with Gasteiger partial charge in [0.25, 0.3) is 0 Å². The minimum atomic E-state index is -0.110. The Morgan fingerprint density at radius 2 is 2.30 bits per heavy atom. The molecule has 0 saturated carbocycles. The van der Waals surface area contributed by atoms with Crippen LogP contribution in [-0.4, -0.2) is 17.1 Å². The van der Waals surface area contributed by atoms with E-state index in [1.165, 1.54) is 0 Å². The second kappa shape index (κ2) is 7.99. The maximum atomic E-state index is 10.7. The van der Waals surface area contributed by atoms with Gasteiger partial charge in [0.05, 0.1) is 0 Å². The zero-order valence-electron chi connectivity index (χ0n) is 5.40. The fraction of sp³-hybridized carbons (Fsp3) is 0.800. The zero-order valence-corrected chi connectivity index (χ0v) is 9.72. The Morgan fingerprint density at radius 3 is 2.80 bits per heavy atom. The number of halogens is 2. The second-order valence-electron chi connectivity index (χ2n) is 1.61. The van der Waals surface area contributed by atoms with Gasteiger partial charge in [0, 0.05) is 35.8 Å². The van der Waals surface area contributed by atoms with Crippen LogP contribution in [0, 0.1) is 0 Å². The Bertz CT molecular complexity index is 99.6. The summed E-state index contributed by atoms with van der Waals surface area (Å²) in [6, 6.07) is 0. The van der Waals surface area contributed by atoms with Crippen molar-refractivity contribution in [3.8, 4) is 0 Å². The number of nitrogens with one attached hydrogen (secondary N) is 1. The van der Waals surface area contributed by atoms with Crippen molar-refractivity contribution in [3.05, 3.63) is 0 Å². The van der Waals surface area contributed by atoms with Crippen LogP contribution in [0.5, 0.6) is 0 Å². The van der Waals surface area contributed by atoms with Crippen molar-refractivity contribution < 1.29 is 9.53 Å². The van der Waals surface area contributed by atoms with Crippen LogP contribution in [0.3, 0.4) is 0 Å². The first-order valence-electron chi connectivity index (χ1n) is 2.86. The molecule has 0 atom stereocenters. The molecule has 0 aromatic heterocycles. The van der Waals surface area contributed by atoms with E-state index >= 15 is 0 Å². The lowest BCUT2D eigenvalue weighted by Gasteiger charge is -1.98. The van der Waals surface area contributed by atoms with Crippen LogP contribution in [-0.2, 0) is 9.53 Å². The van der Waals surface area contributed by atoms with E-state index in [9.17, 15) is 4.79 Å². The zero-order chi connectivity index (χ0) is 7.82. The molecule has 0 aliphatic carbocycles. The van der Waals surface area contributed by atoms with Crippen LogP contribution < -0.4 is 3.53 Å². The van der Waals surface area contributed by atoms with Gasteiger partial charge < -0.3 is 4.74 Å². The molecule has 5 heteroatoms. The molecule has 0 spiro atoms. The third-order valence-electron chi connectivity index (χ3n) is 0.868. The largest absolute Gasteiger partial charge is 0.455 e. The van der Waals surface area contributed by atoms with E-state index in [2.05, 4.69) is 26.4 Å². The number of carbonyl (C=O) groups excluding carboxylic acids is 1. The van der Waals surface area contributed by atoms with Crippen molar-refractivity contribution in [3.63, 3.8) is 0 Å². The van der Waals surface area contributed by atoms with Gasteiger partial charge in [-0.3, -0.25) is 8.32 Å². The highest BCUT2D eigenvalue weighted by Gasteiger charge is 1.99. The van der Waals surface area contributed by atoms with Crippen molar-refractivity contribution in [2.75, 3.05) is 11.2 Å². The summed E-state index contributed by atoms with van der Waals surface area (Å²) >= 11 is 4.06. The SMILES string of the molecule is O=C(CCCNI)OCI. The summed E-state index contributed by atoms with van der Waals surface area (Å²) in [5.41, 5.74) is 0. The Balaban J connectivity index is 3.05. The predicted molar refractivity (Wildman–Crippen MR) is 56.2 cm³/mol. The van der Waals surface area contributed by atoms with Gasteiger partial charge in [-0.1, -0.05) is 0 Å². The number of ether oxygens (including phenoxy) is 1. The van der Waals surface area contributed by atoms with Crippen molar-refractivity contribution in [1.82, 2.24) is 3.53 Å². The summed E-state index contributed by atoms with van der Waals surface area (Å²) in [6.07, 6.45) is 1.36. The fourth-order valence-corrected chi connectivity index (χ4v) is 1.16. The standard InChI is InChI=1S/C5H9I2NO2/c6-4-10-5(9)2-1-3-8-7/h8H,1-4H2. The van der Waals surface area contributed by atoms with Gasteiger partial charge in [0.2, 0.25) is 0 Å². The maximum Gasteiger partial charge on any atom is 0.306 e. The molecule has 0 rings (SSSR count). The molecule has 0 aromatic carbocycles. The highest BCUT2D eigenvalue weighted by molar-refractivity contribution is 14.1. The van der Waals surface area contributed by atoms with Gasteiger partial charge in [0.15, 0.2) is 0 Å². The molecule has 1 N–H and O–H groups in total. The average Bonchev–Trinajstić information content (AvgIpc) is 1.89. The van der Waals surface area contributed by atoms with Gasteiger partial charge in [-0.15, -0.1) is 0 Å². The van der Waals surface area contributed by atoms with Gasteiger partial charge >= 0.3 is 5.97 Å². The molecule has 0 bridgehead atoms. The van der Waals surface area contributed by atoms with E-state index in [0.29, 0.717) is 11.0 Å². The van der Waals surface area contributed by atoms with Crippen LogP contribution in [0.1, 0.15) is 12.8 Å². The lowest BCUT2D eigenvalue weighted by Crippen LogP contribution is -2.07. The smallest absolute Gasteiger partial charge is 0.306 e. The Morgan fingerprint density at radius 1 is 1.60 bits per heavy atom. The van der Waals surface area contributed by atoms with Crippen molar-refractivity contribution in [2.45, 2.75) is 12.8 Å². The molecule has 0 fully saturated rings. The highest BCUT2D eigenvalue weighted by Crippen LogP contribution is 1.94. The lowest BCUT2D eigenvalue weighted by atomic mass is 10.3. The van der Waals surface area contributed by atoms with E-state index in [0.717, 1.165) is 13.0 Å². The first-order chi connectivity index (χ1) is 4.81. The molecule has 0 heterocycles. The Hall–Kier alpha value is 0.890. The maximum absolute atomic E-state index is 10.7. The normalized spacial score (nSPS) is 9.40. The Kier molecular flexibility index (Phi) is 8.70. The molecule has 0 saturated heterocycles. The van der Waals surface area contributed by atoms with Crippen LogP contribution in [0.25, 0.3) is 0 Å². The third kappa shape index (κ3) is 7.00. The molecule has 60 valence electrons. The average molecular weight is 369 g/mol. The lowest BCUT2D eigenvalue weighted by molar-refractivity contribution is -0.141. The topological polar surface area (TPSA) is 38.3 Å². The summed E-state index contributed by atoms with van der Waals surface area (Å²) in [4.78, 5) is 10.7. The minimum absolute atomic E-state index is 0.110. The first kappa shape index (κ1) is 10.9. The number of hydrogen-bond donors (Lipinski definition) is 1. The molecule has 0 aliphatic heterocycles. The van der Waals surface area contributed by atoms with Gasteiger partial charge in [0.1, 0.15) is 4.61 Å². The van der Waals surface area contributed by atoms with Gasteiger partial charge in [-0.05, 0) is 29.0 Å². The van der Waals surface area contributed by atoms with Gasteiger partial charge in [-0.25, -0.2) is 0 Å². The van der Waals surface area contributed by atoms with Crippen LogP contribution in [0.2, 0.25) is 0 Å². The molecule has 3 nitrogen and oxygen atoms in total. The van der Waals surface area contributed by atoms with Crippen LogP contribution in [0.15, 0.2) is 0 Å². The summed E-state index contributed by atoms with van der Waals surface area (Å²) in [5.74, 6) is -0.110. The molecular formula is C5H9I2NO2. The van der Waals surface area contributed by atoms with E-state index in [1.807, 2.05) is 22.6 Å². The summed E-state index contributed by atoms with van der Waals surface area (Å²) in [5, 5.41) is 0. The number of rotatable bonds is 5. The number of carbonyl (C=O) groups is 1. The second-order valence-corrected chi connectivity index (χ2v) is 3.00. The molecule has 0 unspecified atom stereocenters. The fourth-order valence-electron chi connectivity index (χ4n) is 0.433. The monoisotopic (exact) mass is 369 g/mol. The highest BCUT2D eigenvalue weighted by atomic mass is 127. The number of esters is 1. The molecule has 10 heavy (non-hydrogen) atoms. The minimum Gasteiger partial charge on any atom is -0.455 e. The number of hydrogen-bond acceptors (Lipinski definition) is 3. The van der Waals surface area contributed by atoms with E-state index < -0.39 is 0 Å². The van der Waals surface area contributed by atoms with Crippen molar-refractivity contribution in [1.29, 1.82) is 0 Å². The third-order valence-corrected chi connectivity index (χ3v) is 1.72. The van der Waals surface area contributed by atoms with Crippen molar-refractivity contribution in [2.24, 2.45) is 0 Å². The van der Waals surface area contributed by atoms with E-state index in [-0.39, 0.29) is 5.97 Å².